The summed E-state index contributed by atoms with van der Waals surface area (Å²) >= 11 is 0. The third-order valence-electron chi connectivity index (χ3n) is 3.55. The fraction of sp³-hybridized carbons (Fsp3) is 0.875. The first-order valence-corrected chi connectivity index (χ1v) is 8.56. The van der Waals surface area contributed by atoms with Gasteiger partial charge in [0, 0.05) is 52.4 Å². The van der Waals surface area contributed by atoms with E-state index in [1.165, 1.54) is 0 Å². The van der Waals surface area contributed by atoms with Crippen LogP contribution in [0.3, 0.4) is 0 Å². The fourth-order valence-corrected chi connectivity index (χ4v) is 2.49. The van der Waals surface area contributed by atoms with Gasteiger partial charge in [0.15, 0.2) is 0 Å². The van der Waals surface area contributed by atoms with Gasteiger partial charge in [-0.3, -0.25) is 19.4 Å². The molecule has 0 amide bonds. The maximum Gasteiger partial charge on any atom is 0.320 e. The molecular formula is C16H32N4O4. The van der Waals surface area contributed by atoms with Gasteiger partial charge in [0.25, 0.3) is 0 Å². The molecule has 0 aromatic carbocycles. The van der Waals surface area contributed by atoms with Crippen molar-refractivity contribution in [2.75, 3.05) is 65.4 Å². The van der Waals surface area contributed by atoms with Gasteiger partial charge in [-0.1, -0.05) is 0 Å². The normalized spacial score (nSPS) is 20.0. The second kappa shape index (κ2) is 10.6. The molecule has 1 aliphatic rings. The molecule has 8 heteroatoms. The SMILES string of the molecule is CC(C)(C)OC(=O)CN1CCNCCN(CC(=O)O)CCNCC1. The van der Waals surface area contributed by atoms with Crippen molar-refractivity contribution in [2.24, 2.45) is 0 Å². The lowest BCUT2D eigenvalue weighted by Gasteiger charge is -2.27. The van der Waals surface area contributed by atoms with Crippen LogP contribution in [0.4, 0.5) is 0 Å². The standard InChI is InChI=1S/C16H32N4O4/c1-16(2,3)24-15(23)13-20-10-6-17-4-8-19(12-14(21)22)9-5-18-7-11-20/h17-18H,4-13H2,1-3H3,(H,21,22). The van der Waals surface area contributed by atoms with Crippen molar-refractivity contribution in [3.8, 4) is 0 Å². The summed E-state index contributed by atoms with van der Waals surface area (Å²) in [6.45, 7) is 11.8. The van der Waals surface area contributed by atoms with E-state index in [1.54, 1.807) is 0 Å². The first kappa shape index (κ1) is 20.8. The van der Waals surface area contributed by atoms with Gasteiger partial charge in [-0.15, -0.1) is 0 Å². The van der Waals surface area contributed by atoms with Crippen LogP contribution >= 0.6 is 0 Å². The highest BCUT2D eigenvalue weighted by atomic mass is 16.6. The largest absolute Gasteiger partial charge is 0.480 e. The van der Waals surface area contributed by atoms with Gasteiger partial charge in [-0.25, -0.2) is 0 Å². The Morgan fingerprint density at radius 3 is 1.71 bits per heavy atom. The molecular weight excluding hydrogens is 312 g/mol. The zero-order valence-corrected chi connectivity index (χ0v) is 15.1. The van der Waals surface area contributed by atoms with E-state index in [0.717, 1.165) is 39.3 Å². The van der Waals surface area contributed by atoms with Crippen molar-refractivity contribution >= 4 is 11.9 Å². The lowest BCUT2D eigenvalue weighted by atomic mass is 10.2. The zero-order chi connectivity index (χ0) is 18.0. The van der Waals surface area contributed by atoms with E-state index in [1.807, 2.05) is 25.7 Å². The quantitative estimate of drug-likeness (QED) is 0.571. The Labute approximate surface area is 144 Å². The van der Waals surface area contributed by atoms with E-state index in [-0.39, 0.29) is 19.1 Å². The Bertz CT molecular complexity index is 384. The van der Waals surface area contributed by atoms with Crippen LogP contribution in [-0.2, 0) is 14.3 Å². The smallest absolute Gasteiger partial charge is 0.320 e. The number of ether oxygens (including phenoxy) is 1. The summed E-state index contributed by atoms with van der Waals surface area (Å²) in [6.07, 6.45) is 0. The number of aliphatic carboxylic acids is 1. The molecule has 1 aliphatic heterocycles. The van der Waals surface area contributed by atoms with E-state index in [2.05, 4.69) is 15.5 Å². The number of esters is 1. The molecule has 0 radical (unpaired) electrons. The summed E-state index contributed by atoms with van der Waals surface area (Å²) < 4.78 is 5.38. The molecule has 1 rings (SSSR count). The van der Waals surface area contributed by atoms with Crippen molar-refractivity contribution in [3.63, 3.8) is 0 Å². The summed E-state index contributed by atoms with van der Waals surface area (Å²) in [4.78, 5) is 26.8. The summed E-state index contributed by atoms with van der Waals surface area (Å²) in [5.74, 6) is -1.01. The van der Waals surface area contributed by atoms with Crippen LogP contribution < -0.4 is 10.6 Å². The fourth-order valence-electron chi connectivity index (χ4n) is 2.49. The van der Waals surface area contributed by atoms with E-state index in [4.69, 9.17) is 9.84 Å². The maximum absolute atomic E-state index is 12.0. The summed E-state index contributed by atoms with van der Waals surface area (Å²) in [5.41, 5.74) is -0.465. The highest BCUT2D eigenvalue weighted by Crippen LogP contribution is 2.07. The molecule has 0 unspecified atom stereocenters. The zero-order valence-electron chi connectivity index (χ0n) is 15.1. The molecule has 3 N–H and O–H groups in total. The van der Waals surface area contributed by atoms with E-state index in [9.17, 15) is 9.59 Å². The molecule has 24 heavy (non-hydrogen) atoms. The Balaban J connectivity index is 2.42. The van der Waals surface area contributed by atoms with Crippen LogP contribution in [0.2, 0.25) is 0 Å². The third-order valence-corrected chi connectivity index (χ3v) is 3.55. The monoisotopic (exact) mass is 344 g/mol. The molecule has 0 atom stereocenters. The number of rotatable bonds is 4. The Morgan fingerprint density at radius 2 is 1.33 bits per heavy atom. The van der Waals surface area contributed by atoms with Gasteiger partial charge < -0.3 is 20.5 Å². The molecule has 1 saturated heterocycles. The van der Waals surface area contributed by atoms with Crippen molar-refractivity contribution in [2.45, 2.75) is 26.4 Å². The second-order valence-electron chi connectivity index (χ2n) is 7.03. The van der Waals surface area contributed by atoms with Gasteiger partial charge in [0.1, 0.15) is 5.60 Å². The Hall–Kier alpha value is -1.22. The summed E-state index contributed by atoms with van der Waals surface area (Å²) in [5, 5.41) is 15.5. The number of hydrogen-bond acceptors (Lipinski definition) is 7. The van der Waals surface area contributed by atoms with Crippen LogP contribution in [0, 0.1) is 0 Å². The number of nitrogens with one attached hydrogen (secondary N) is 2. The number of carbonyl (C=O) groups excluding carboxylic acids is 1. The van der Waals surface area contributed by atoms with Gasteiger partial charge in [-0.2, -0.15) is 0 Å². The lowest BCUT2D eigenvalue weighted by Crippen LogP contribution is -2.45. The molecule has 8 nitrogen and oxygen atoms in total. The number of carbonyl (C=O) groups is 2. The molecule has 140 valence electrons. The minimum Gasteiger partial charge on any atom is -0.480 e. The second-order valence-corrected chi connectivity index (χ2v) is 7.03. The van der Waals surface area contributed by atoms with Crippen LogP contribution in [0.5, 0.6) is 0 Å². The van der Waals surface area contributed by atoms with Gasteiger partial charge in [-0.05, 0) is 20.8 Å². The third kappa shape index (κ3) is 10.5. The molecule has 0 aromatic rings. The lowest BCUT2D eigenvalue weighted by molar-refractivity contribution is -0.156. The summed E-state index contributed by atoms with van der Waals surface area (Å²) in [7, 11) is 0. The average molecular weight is 344 g/mol. The highest BCUT2D eigenvalue weighted by Gasteiger charge is 2.19. The molecule has 0 saturated carbocycles. The average Bonchev–Trinajstić information content (AvgIpc) is 2.41. The highest BCUT2D eigenvalue weighted by molar-refractivity contribution is 5.72. The predicted octanol–water partition coefficient (Wildman–Crippen LogP) is -0.790. The van der Waals surface area contributed by atoms with Crippen LogP contribution in [0.25, 0.3) is 0 Å². The molecule has 1 fully saturated rings. The molecule has 0 bridgehead atoms. The van der Waals surface area contributed by atoms with Crippen molar-refractivity contribution in [1.82, 2.24) is 20.4 Å². The molecule has 1 heterocycles. The van der Waals surface area contributed by atoms with E-state index < -0.39 is 11.6 Å². The minimum atomic E-state index is -0.800. The molecule has 0 aromatic heterocycles. The van der Waals surface area contributed by atoms with Crippen LogP contribution in [0.15, 0.2) is 0 Å². The molecule has 0 spiro atoms. The number of carboxylic acid groups (broad SMARTS) is 1. The van der Waals surface area contributed by atoms with Crippen LogP contribution in [-0.4, -0.2) is 97.9 Å². The number of nitrogens with zero attached hydrogens (tertiary/aromatic N) is 2. The van der Waals surface area contributed by atoms with Crippen LogP contribution in [0.1, 0.15) is 20.8 Å². The number of hydrogen-bond donors (Lipinski definition) is 3. The topological polar surface area (TPSA) is 94.1 Å². The number of carboxylic acids is 1. The van der Waals surface area contributed by atoms with E-state index >= 15 is 0 Å². The predicted molar refractivity (Wildman–Crippen MR) is 92.1 cm³/mol. The van der Waals surface area contributed by atoms with Crippen molar-refractivity contribution in [1.29, 1.82) is 0 Å². The van der Waals surface area contributed by atoms with Gasteiger partial charge >= 0.3 is 11.9 Å². The van der Waals surface area contributed by atoms with Crippen molar-refractivity contribution < 1.29 is 19.4 Å². The Kier molecular flexibility index (Phi) is 9.20. The first-order chi connectivity index (χ1) is 11.3. The van der Waals surface area contributed by atoms with E-state index in [0.29, 0.717) is 13.1 Å². The molecule has 0 aliphatic carbocycles. The minimum absolute atomic E-state index is 0.0636. The first-order valence-electron chi connectivity index (χ1n) is 8.56. The van der Waals surface area contributed by atoms with Gasteiger partial charge in [0.2, 0.25) is 0 Å². The summed E-state index contributed by atoms with van der Waals surface area (Å²) in [6, 6.07) is 0. The maximum atomic E-state index is 12.0. The Morgan fingerprint density at radius 1 is 0.917 bits per heavy atom. The van der Waals surface area contributed by atoms with Crippen molar-refractivity contribution in [3.05, 3.63) is 0 Å². The van der Waals surface area contributed by atoms with Gasteiger partial charge in [0.05, 0.1) is 13.1 Å².